The highest BCUT2D eigenvalue weighted by molar-refractivity contribution is 7.90. The van der Waals surface area contributed by atoms with Gasteiger partial charge in [0.15, 0.2) is 5.69 Å². The number of anilines is 1. The van der Waals surface area contributed by atoms with Gasteiger partial charge >= 0.3 is 16.2 Å². The van der Waals surface area contributed by atoms with Crippen molar-refractivity contribution in [1.82, 2.24) is 9.29 Å². The van der Waals surface area contributed by atoms with E-state index in [0.29, 0.717) is 10.9 Å². The van der Waals surface area contributed by atoms with Crippen molar-refractivity contribution in [2.24, 2.45) is 0 Å². The molecule has 0 saturated carbocycles. The van der Waals surface area contributed by atoms with E-state index >= 15 is 0 Å². The van der Waals surface area contributed by atoms with E-state index in [2.05, 4.69) is 9.71 Å². The van der Waals surface area contributed by atoms with Crippen LogP contribution in [0.3, 0.4) is 0 Å². The fourth-order valence-electron chi connectivity index (χ4n) is 1.82. The standard InChI is InChI=1S/C13H17N3O4S/c1-4-20-13(17)12-11(15-21(18,19)16(2)3)9-7-5-6-8-10(9)14-12/h5-8,14-15H,4H2,1-3H3. The number of para-hydroxylation sites is 1. The average Bonchev–Trinajstić information content (AvgIpc) is 2.77. The van der Waals surface area contributed by atoms with E-state index in [-0.39, 0.29) is 18.0 Å². The molecule has 1 heterocycles. The number of rotatable bonds is 5. The Bertz CT molecular complexity index is 765. The topological polar surface area (TPSA) is 91.5 Å². The summed E-state index contributed by atoms with van der Waals surface area (Å²) in [5, 5.41) is 0.603. The summed E-state index contributed by atoms with van der Waals surface area (Å²) in [6, 6.07) is 7.03. The number of fused-ring (bicyclic) bond motifs is 1. The van der Waals surface area contributed by atoms with Gasteiger partial charge in [0.2, 0.25) is 0 Å². The number of esters is 1. The number of aromatic amines is 1. The first-order valence-corrected chi connectivity index (χ1v) is 7.79. The quantitative estimate of drug-likeness (QED) is 0.820. The molecule has 0 atom stereocenters. The molecule has 7 nitrogen and oxygen atoms in total. The smallest absolute Gasteiger partial charge is 0.356 e. The number of aromatic nitrogens is 1. The second kappa shape index (κ2) is 5.74. The van der Waals surface area contributed by atoms with Crippen LogP contribution in [0.4, 0.5) is 5.69 Å². The Hall–Kier alpha value is -2.06. The first kappa shape index (κ1) is 15.3. The van der Waals surface area contributed by atoms with E-state index in [1.54, 1.807) is 31.2 Å². The number of benzene rings is 1. The molecule has 2 rings (SSSR count). The molecule has 0 amide bonds. The molecular weight excluding hydrogens is 294 g/mol. The summed E-state index contributed by atoms with van der Waals surface area (Å²) in [6.45, 7) is 1.89. The lowest BCUT2D eigenvalue weighted by Crippen LogP contribution is -2.29. The van der Waals surface area contributed by atoms with E-state index in [4.69, 9.17) is 4.74 Å². The zero-order valence-electron chi connectivity index (χ0n) is 12.0. The van der Waals surface area contributed by atoms with E-state index in [9.17, 15) is 13.2 Å². The Kier molecular flexibility index (Phi) is 4.19. The zero-order valence-corrected chi connectivity index (χ0v) is 12.8. The highest BCUT2D eigenvalue weighted by atomic mass is 32.2. The van der Waals surface area contributed by atoms with Gasteiger partial charge in [0.05, 0.1) is 12.3 Å². The van der Waals surface area contributed by atoms with Gasteiger partial charge in [0.25, 0.3) is 0 Å². The Morgan fingerprint density at radius 3 is 2.62 bits per heavy atom. The lowest BCUT2D eigenvalue weighted by atomic mass is 10.2. The summed E-state index contributed by atoms with van der Waals surface area (Å²) in [4.78, 5) is 14.9. The van der Waals surface area contributed by atoms with E-state index < -0.39 is 16.2 Å². The van der Waals surface area contributed by atoms with Gasteiger partial charge in [-0.15, -0.1) is 0 Å². The Morgan fingerprint density at radius 1 is 1.33 bits per heavy atom. The second-order valence-electron chi connectivity index (χ2n) is 4.53. The number of H-pyrrole nitrogens is 1. The molecule has 1 aromatic heterocycles. The van der Waals surface area contributed by atoms with Gasteiger partial charge in [0, 0.05) is 25.0 Å². The third-order valence-electron chi connectivity index (χ3n) is 2.90. The molecule has 0 radical (unpaired) electrons. The molecule has 0 aliphatic carbocycles. The first-order valence-electron chi connectivity index (χ1n) is 6.35. The maximum atomic E-state index is 12.0. The summed E-state index contributed by atoms with van der Waals surface area (Å²) < 4.78 is 32.4. The van der Waals surface area contributed by atoms with Gasteiger partial charge in [-0.25, -0.2) is 4.79 Å². The van der Waals surface area contributed by atoms with Crippen LogP contribution in [0.1, 0.15) is 17.4 Å². The zero-order chi connectivity index (χ0) is 15.6. The molecule has 0 spiro atoms. The average molecular weight is 311 g/mol. The van der Waals surface area contributed by atoms with Crippen LogP contribution in [0.15, 0.2) is 24.3 Å². The Morgan fingerprint density at radius 2 is 2.00 bits per heavy atom. The number of carbonyl (C=O) groups is 1. The van der Waals surface area contributed by atoms with Crippen LogP contribution in [0.5, 0.6) is 0 Å². The first-order chi connectivity index (χ1) is 9.86. The van der Waals surface area contributed by atoms with Crippen LogP contribution in [-0.4, -0.2) is 44.4 Å². The predicted octanol–water partition coefficient (Wildman–Crippen LogP) is 1.56. The number of hydrogen-bond donors (Lipinski definition) is 2. The normalized spacial score (nSPS) is 11.8. The van der Waals surface area contributed by atoms with Gasteiger partial charge in [-0.05, 0) is 13.0 Å². The van der Waals surface area contributed by atoms with Crippen molar-refractivity contribution in [1.29, 1.82) is 0 Å². The molecular formula is C13H17N3O4S. The van der Waals surface area contributed by atoms with Gasteiger partial charge in [-0.1, -0.05) is 18.2 Å². The van der Waals surface area contributed by atoms with Crippen molar-refractivity contribution in [3.05, 3.63) is 30.0 Å². The fraction of sp³-hybridized carbons (Fsp3) is 0.308. The molecule has 0 bridgehead atoms. The van der Waals surface area contributed by atoms with Crippen LogP contribution in [0.2, 0.25) is 0 Å². The number of hydrogen-bond acceptors (Lipinski definition) is 4. The van der Waals surface area contributed by atoms with E-state index in [1.807, 2.05) is 0 Å². The number of ether oxygens (including phenoxy) is 1. The van der Waals surface area contributed by atoms with Crippen molar-refractivity contribution in [3.63, 3.8) is 0 Å². The predicted molar refractivity (Wildman–Crippen MR) is 80.5 cm³/mol. The van der Waals surface area contributed by atoms with Gasteiger partial charge in [-0.2, -0.15) is 12.7 Å². The minimum absolute atomic E-state index is 0.0866. The highest BCUT2D eigenvalue weighted by Crippen LogP contribution is 2.29. The summed E-state index contributed by atoms with van der Waals surface area (Å²) >= 11 is 0. The molecule has 114 valence electrons. The number of nitrogens with zero attached hydrogens (tertiary/aromatic N) is 1. The minimum Gasteiger partial charge on any atom is -0.461 e. The third kappa shape index (κ3) is 3.01. The molecule has 0 saturated heterocycles. The van der Waals surface area contributed by atoms with Crippen molar-refractivity contribution < 1.29 is 17.9 Å². The van der Waals surface area contributed by atoms with Crippen molar-refractivity contribution in [3.8, 4) is 0 Å². The molecule has 2 N–H and O–H groups in total. The van der Waals surface area contributed by atoms with Gasteiger partial charge < -0.3 is 9.72 Å². The maximum Gasteiger partial charge on any atom is 0.356 e. The lowest BCUT2D eigenvalue weighted by Gasteiger charge is -2.13. The molecule has 21 heavy (non-hydrogen) atoms. The highest BCUT2D eigenvalue weighted by Gasteiger charge is 2.23. The third-order valence-corrected chi connectivity index (χ3v) is 4.32. The largest absolute Gasteiger partial charge is 0.461 e. The molecule has 0 aliphatic rings. The molecule has 2 aromatic rings. The van der Waals surface area contributed by atoms with Crippen molar-refractivity contribution >= 4 is 32.8 Å². The molecule has 0 aliphatic heterocycles. The summed E-state index contributed by atoms with van der Waals surface area (Å²) in [7, 11) is -0.920. The van der Waals surface area contributed by atoms with Gasteiger partial charge in [-0.3, -0.25) is 4.72 Å². The van der Waals surface area contributed by atoms with E-state index in [0.717, 1.165) is 4.31 Å². The maximum absolute atomic E-state index is 12.0. The van der Waals surface area contributed by atoms with Crippen LogP contribution in [-0.2, 0) is 14.9 Å². The van der Waals surface area contributed by atoms with Crippen molar-refractivity contribution in [2.45, 2.75) is 6.92 Å². The summed E-state index contributed by atoms with van der Waals surface area (Å²) in [5.41, 5.74) is 0.929. The van der Waals surface area contributed by atoms with Crippen LogP contribution < -0.4 is 4.72 Å². The SMILES string of the molecule is CCOC(=O)c1[nH]c2ccccc2c1NS(=O)(=O)N(C)C. The molecule has 1 aromatic carbocycles. The number of nitrogens with one attached hydrogen (secondary N) is 2. The minimum atomic E-state index is -3.73. The van der Waals surface area contributed by atoms with Gasteiger partial charge in [0.1, 0.15) is 0 Å². The van der Waals surface area contributed by atoms with E-state index in [1.165, 1.54) is 14.1 Å². The molecule has 0 fully saturated rings. The van der Waals surface area contributed by atoms with Crippen LogP contribution in [0.25, 0.3) is 10.9 Å². The summed E-state index contributed by atoms with van der Waals surface area (Å²) in [6.07, 6.45) is 0. The van der Waals surface area contributed by atoms with Crippen LogP contribution in [0, 0.1) is 0 Å². The second-order valence-corrected chi connectivity index (χ2v) is 6.42. The fourth-order valence-corrected chi connectivity index (χ4v) is 2.48. The Balaban J connectivity index is 2.58. The Labute approximate surface area is 123 Å². The van der Waals surface area contributed by atoms with Crippen molar-refractivity contribution in [2.75, 3.05) is 25.4 Å². The number of carbonyl (C=O) groups excluding carboxylic acids is 1. The molecule has 8 heteroatoms. The monoisotopic (exact) mass is 311 g/mol. The van der Waals surface area contributed by atoms with Crippen LogP contribution >= 0.6 is 0 Å². The molecule has 0 unspecified atom stereocenters. The lowest BCUT2D eigenvalue weighted by molar-refractivity contribution is 0.0522. The summed E-state index contributed by atoms with van der Waals surface area (Å²) in [5.74, 6) is -0.606.